The van der Waals surface area contributed by atoms with E-state index in [4.69, 9.17) is 4.55 Å². The van der Waals surface area contributed by atoms with Gasteiger partial charge in [0.25, 0.3) is 20.2 Å². The van der Waals surface area contributed by atoms with Gasteiger partial charge in [-0.2, -0.15) is 16.8 Å². The first-order valence-corrected chi connectivity index (χ1v) is 12.1. The van der Waals surface area contributed by atoms with Crippen molar-refractivity contribution in [3.8, 4) is 0 Å². The molecule has 0 spiro atoms. The Kier molecular flexibility index (Phi) is 6.01. The van der Waals surface area contributed by atoms with E-state index in [1.165, 1.54) is 35.4 Å². The first kappa shape index (κ1) is 21.7. The fourth-order valence-corrected chi connectivity index (χ4v) is 5.08. The van der Waals surface area contributed by atoms with Crippen molar-refractivity contribution >= 4 is 20.2 Å². The van der Waals surface area contributed by atoms with Crippen LogP contribution in [0.3, 0.4) is 0 Å². The fraction of sp³-hybridized carbons (Fsp3) is 0.333. The van der Waals surface area contributed by atoms with Crippen LogP contribution in [-0.4, -0.2) is 25.9 Å². The topological polar surface area (TPSA) is 109 Å². The van der Waals surface area contributed by atoms with Crippen LogP contribution in [0, 0.1) is 0 Å². The largest absolute Gasteiger partial charge is 0.294 e. The van der Waals surface area contributed by atoms with Gasteiger partial charge in [0.2, 0.25) is 0 Å². The van der Waals surface area contributed by atoms with Crippen LogP contribution in [0.2, 0.25) is 0 Å². The molecule has 1 aromatic rings. The molecule has 1 aromatic carbocycles. The van der Waals surface area contributed by atoms with Gasteiger partial charge in [0, 0.05) is 5.92 Å². The van der Waals surface area contributed by atoms with Crippen LogP contribution in [0.1, 0.15) is 50.2 Å². The molecule has 0 saturated heterocycles. The Morgan fingerprint density at radius 2 is 1.76 bits per heavy atom. The molecule has 3 rings (SSSR count). The molecule has 0 aliphatic heterocycles. The summed E-state index contributed by atoms with van der Waals surface area (Å²) in [5.74, 6) is -0.427. The molecule has 6 nitrogen and oxygen atoms in total. The smallest absolute Gasteiger partial charge is 0.282 e. The SMILES string of the molecule is CC1=CC(Cc2ccc(C3C=CC(S(=O)(=O)O)=CC3)c(S(=O)(=O)O)c2)=C(C)CC1. The van der Waals surface area contributed by atoms with E-state index in [1.807, 2.05) is 6.07 Å². The highest BCUT2D eigenvalue weighted by atomic mass is 32.2. The van der Waals surface area contributed by atoms with Gasteiger partial charge in [0.15, 0.2) is 0 Å². The lowest BCUT2D eigenvalue weighted by atomic mass is 9.88. The van der Waals surface area contributed by atoms with Crippen molar-refractivity contribution in [1.82, 2.24) is 0 Å². The first-order valence-electron chi connectivity index (χ1n) is 9.27. The summed E-state index contributed by atoms with van der Waals surface area (Å²) in [6.07, 6.45) is 9.01. The minimum atomic E-state index is -4.47. The van der Waals surface area contributed by atoms with Crippen molar-refractivity contribution in [1.29, 1.82) is 0 Å². The molecule has 2 aliphatic carbocycles. The molecule has 0 fully saturated rings. The summed E-state index contributed by atoms with van der Waals surface area (Å²) in [6.45, 7) is 4.14. The van der Waals surface area contributed by atoms with E-state index in [2.05, 4.69) is 19.9 Å². The van der Waals surface area contributed by atoms with Crippen molar-refractivity contribution in [2.75, 3.05) is 0 Å². The normalized spacial score (nSPS) is 20.5. The van der Waals surface area contributed by atoms with E-state index < -0.39 is 26.2 Å². The predicted octanol–water partition coefficient (Wildman–Crippen LogP) is 4.35. The van der Waals surface area contributed by atoms with E-state index in [1.54, 1.807) is 6.07 Å². The Hall–Kier alpha value is -2.00. The second kappa shape index (κ2) is 8.02. The zero-order chi connectivity index (χ0) is 21.4. The van der Waals surface area contributed by atoms with Gasteiger partial charge < -0.3 is 0 Å². The van der Waals surface area contributed by atoms with Crippen LogP contribution in [0.4, 0.5) is 0 Å². The van der Waals surface area contributed by atoms with Crippen molar-refractivity contribution < 1.29 is 25.9 Å². The minimum Gasteiger partial charge on any atom is -0.282 e. The molecule has 2 N–H and O–H groups in total. The highest BCUT2D eigenvalue weighted by Gasteiger charge is 2.24. The summed E-state index contributed by atoms with van der Waals surface area (Å²) in [7, 11) is -8.77. The maximum atomic E-state index is 12.0. The maximum absolute atomic E-state index is 12.0. The van der Waals surface area contributed by atoms with Crippen molar-refractivity contribution in [3.05, 3.63) is 75.3 Å². The van der Waals surface area contributed by atoms with Crippen molar-refractivity contribution in [3.63, 3.8) is 0 Å². The molecule has 29 heavy (non-hydrogen) atoms. The monoisotopic (exact) mass is 436 g/mol. The molecule has 0 saturated carbocycles. The van der Waals surface area contributed by atoms with Crippen LogP contribution in [0.5, 0.6) is 0 Å². The average molecular weight is 437 g/mol. The van der Waals surface area contributed by atoms with Crippen molar-refractivity contribution in [2.24, 2.45) is 0 Å². The zero-order valence-corrected chi connectivity index (χ0v) is 17.9. The maximum Gasteiger partial charge on any atom is 0.294 e. The Bertz CT molecular complexity index is 1170. The average Bonchev–Trinajstić information content (AvgIpc) is 2.63. The number of hydrogen-bond donors (Lipinski definition) is 2. The number of hydrogen-bond acceptors (Lipinski definition) is 4. The summed E-state index contributed by atoms with van der Waals surface area (Å²) >= 11 is 0. The van der Waals surface area contributed by atoms with Gasteiger partial charge in [-0.25, -0.2) is 0 Å². The van der Waals surface area contributed by atoms with Gasteiger partial charge in [0.05, 0.1) is 9.80 Å². The second-order valence-electron chi connectivity index (χ2n) is 7.60. The molecule has 0 bridgehead atoms. The standard InChI is InChI=1S/C21H24O6S2/c1-14-3-4-15(2)18(11-14)12-16-5-10-20(21(13-16)29(25,26)27)17-6-8-19(9-7-17)28(22,23)24/h5-6,8-11,13,17H,3-4,7,12H2,1-2H3,(H,22,23,24)(H,25,26,27). The summed E-state index contributed by atoms with van der Waals surface area (Å²) in [5.41, 5.74) is 4.87. The molecule has 8 heteroatoms. The Morgan fingerprint density at radius 3 is 2.34 bits per heavy atom. The van der Waals surface area contributed by atoms with Gasteiger partial charge in [-0.15, -0.1) is 0 Å². The molecule has 1 atom stereocenters. The quantitative estimate of drug-likeness (QED) is 0.664. The van der Waals surface area contributed by atoms with E-state index in [0.717, 1.165) is 24.0 Å². The van der Waals surface area contributed by atoms with E-state index >= 15 is 0 Å². The number of rotatable bonds is 5. The van der Waals surface area contributed by atoms with E-state index in [9.17, 15) is 21.4 Å². The number of allylic oxidation sites excluding steroid dienone is 7. The van der Waals surface area contributed by atoms with Crippen LogP contribution in [0.25, 0.3) is 0 Å². The van der Waals surface area contributed by atoms with Gasteiger partial charge in [-0.05, 0) is 68.4 Å². The highest BCUT2D eigenvalue weighted by Crippen LogP contribution is 2.34. The summed E-state index contributed by atoms with van der Waals surface area (Å²) < 4.78 is 65.4. The van der Waals surface area contributed by atoms with Crippen LogP contribution in [-0.2, 0) is 26.7 Å². The lowest BCUT2D eigenvalue weighted by Gasteiger charge is -2.20. The zero-order valence-electron chi connectivity index (χ0n) is 16.3. The van der Waals surface area contributed by atoms with E-state index in [0.29, 0.717) is 12.0 Å². The number of benzene rings is 1. The van der Waals surface area contributed by atoms with Crippen LogP contribution in [0.15, 0.2) is 69.0 Å². The molecule has 1 unspecified atom stereocenters. The lowest BCUT2D eigenvalue weighted by Crippen LogP contribution is -2.10. The third-order valence-corrected chi connectivity index (χ3v) is 7.18. The molecule has 0 heterocycles. The highest BCUT2D eigenvalue weighted by molar-refractivity contribution is 7.90. The molecule has 2 aliphatic rings. The third-order valence-electron chi connectivity index (χ3n) is 5.38. The molecular weight excluding hydrogens is 412 g/mol. The van der Waals surface area contributed by atoms with Gasteiger partial charge in [-0.1, -0.05) is 41.5 Å². The fourth-order valence-electron chi connectivity index (χ4n) is 3.70. The molecule has 0 radical (unpaired) electrons. The summed E-state index contributed by atoms with van der Waals surface area (Å²) in [6, 6.07) is 4.98. The first-order chi connectivity index (χ1) is 13.4. The van der Waals surface area contributed by atoms with Gasteiger partial charge in [-0.3, -0.25) is 9.11 Å². The summed E-state index contributed by atoms with van der Waals surface area (Å²) in [4.78, 5) is -0.399. The van der Waals surface area contributed by atoms with Gasteiger partial charge in [0.1, 0.15) is 0 Å². The Morgan fingerprint density at radius 1 is 1.03 bits per heavy atom. The Labute approximate surface area is 171 Å². The molecular formula is C21H24O6S2. The third kappa shape index (κ3) is 5.14. The van der Waals surface area contributed by atoms with Crippen LogP contribution >= 0.6 is 0 Å². The van der Waals surface area contributed by atoms with Gasteiger partial charge >= 0.3 is 0 Å². The lowest BCUT2D eigenvalue weighted by molar-refractivity contribution is 0.480. The second-order valence-corrected chi connectivity index (χ2v) is 10.4. The molecule has 156 valence electrons. The van der Waals surface area contributed by atoms with E-state index in [-0.39, 0.29) is 16.2 Å². The predicted molar refractivity (Wildman–Crippen MR) is 112 cm³/mol. The van der Waals surface area contributed by atoms with Crippen LogP contribution < -0.4 is 0 Å². The minimum absolute atomic E-state index is 0.178. The molecule has 0 aromatic heterocycles. The van der Waals surface area contributed by atoms with Crippen molar-refractivity contribution in [2.45, 2.75) is 50.3 Å². The Balaban J connectivity index is 1.95. The summed E-state index contributed by atoms with van der Waals surface area (Å²) in [5, 5.41) is 0. The molecule has 0 amide bonds.